The number of halogens is 2. The average molecular weight is 1470 g/mol. The zero-order chi connectivity index (χ0) is 60.0. The van der Waals surface area contributed by atoms with Gasteiger partial charge in [0.25, 0.3) is 0 Å². The maximum Gasteiger partial charge on any atom is 0 e. The molecule has 2 aliphatic carbocycles. The third kappa shape index (κ3) is 17.0. The van der Waals surface area contributed by atoms with Crippen LogP contribution in [0.15, 0.2) is 289 Å². The standard InChI is InChI=1S/2C28H20.2C11H13NO.2ClH.2Co.2Pd/c2*1-5-13-21(14-6-1)25-26(22-15-7-2-8-16-22)28(24-19-11-4-12-20-24)27(25)23-17-9-3-10-18-23;2*1-8(2)10-7-13-11(12-10)9-5-3-4-6-9;;;;;;/h2*1-20H;2*3-5,8,10H,7H2,1-2H3;2*1H;;;;/q;;2*-2;;;;;2*+2/p-2/t;;2*10-;;;;;;/m..11....../s1. The number of benzene rings is 8. The van der Waals surface area contributed by atoms with E-state index >= 15 is 0 Å². The van der Waals surface area contributed by atoms with Crippen LogP contribution in [0.25, 0.3) is 44.6 Å². The summed E-state index contributed by atoms with van der Waals surface area (Å²) in [6, 6.07) is 104. The van der Waals surface area contributed by atoms with Gasteiger partial charge in [0, 0.05) is 45.4 Å². The summed E-state index contributed by atoms with van der Waals surface area (Å²) in [6.07, 6.45) is 0. The van der Waals surface area contributed by atoms with E-state index in [4.69, 9.17) is 9.47 Å². The summed E-state index contributed by atoms with van der Waals surface area (Å²) >= 11 is 4.44. The van der Waals surface area contributed by atoms with E-state index in [9.17, 15) is 0 Å². The summed E-state index contributed by atoms with van der Waals surface area (Å²) in [6.45, 7) is 10.1. The van der Waals surface area contributed by atoms with Crippen LogP contribution in [-0.4, -0.2) is 37.1 Å². The second-order valence-corrected chi connectivity index (χ2v) is 21.2. The Bertz CT molecular complexity index is 3210. The van der Waals surface area contributed by atoms with Gasteiger partial charge >= 0.3 is 55.4 Å². The molecule has 88 heavy (non-hydrogen) atoms. The van der Waals surface area contributed by atoms with Crippen LogP contribution in [0, 0.1) is 24.0 Å². The largest absolute Gasteiger partial charge is 0.0622 e. The molecule has 2 radical (unpaired) electrons. The van der Waals surface area contributed by atoms with Crippen molar-refractivity contribution in [2.75, 3.05) is 13.2 Å². The monoisotopic (exact) mass is 1460 g/mol. The summed E-state index contributed by atoms with van der Waals surface area (Å²) in [5, 5.41) is 0. The zero-order valence-corrected chi connectivity index (χ0v) is 55.8. The minimum absolute atomic E-state index is 0. The van der Waals surface area contributed by atoms with Gasteiger partial charge in [0.2, 0.25) is 0 Å². The minimum atomic E-state index is 0. The number of rotatable bonds is 12. The number of hydrogen-bond donors (Lipinski definition) is 0. The molecule has 2 heterocycles. The molecule has 0 saturated carbocycles. The van der Waals surface area contributed by atoms with Crippen LogP contribution in [-0.2, 0) is 79.4 Å². The van der Waals surface area contributed by atoms with E-state index in [0.717, 1.165) is 22.9 Å². The Morgan fingerprint density at radius 3 is 0.659 bits per heavy atom. The van der Waals surface area contributed by atoms with E-state index in [0.29, 0.717) is 37.1 Å². The second kappa shape index (κ2) is 35.5. The predicted molar refractivity (Wildman–Crippen MR) is 354 cm³/mol. The second-order valence-electron chi connectivity index (χ2n) is 21.2. The van der Waals surface area contributed by atoms with Crippen LogP contribution in [0.1, 0.15) is 83.3 Å². The molecule has 0 aromatic heterocycles. The fourth-order valence-electron chi connectivity index (χ4n) is 10.7. The average Bonchev–Trinajstić information content (AvgIpc) is 1.39. The van der Waals surface area contributed by atoms with Crippen LogP contribution in [0.3, 0.4) is 0 Å². The van der Waals surface area contributed by atoms with Gasteiger partial charge in [-0.1, -0.05) is 270 Å². The number of allylic oxidation sites excluding steroid dienone is 8. The first-order valence-corrected chi connectivity index (χ1v) is 32.8. The normalized spacial score (nSPS) is 15.1. The molecule has 0 fully saturated rings. The van der Waals surface area contributed by atoms with Crippen molar-refractivity contribution >= 4 is 75.4 Å². The van der Waals surface area contributed by atoms with Gasteiger partial charge in [-0.3, -0.25) is 48.5 Å². The van der Waals surface area contributed by atoms with E-state index in [1.807, 2.05) is 36.4 Å². The minimum Gasteiger partial charge on any atom is -0.0622 e. The summed E-state index contributed by atoms with van der Waals surface area (Å²) in [5.41, 5.74) is 22.7. The summed E-state index contributed by atoms with van der Waals surface area (Å²) in [4.78, 5) is 8.99. The van der Waals surface area contributed by atoms with Gasteiger partial charge in [-0.05, 0) is 101 Å². The van der Waals surface area contributed by atoms with Crippen LogP contribution < -0.4 is 0 Å². The van der Waals surface area contributed by atoms with Crippen molar-refractivity contribution in [3.8, 4) is 0 Å². The molecule has 2 atom stereocenters. The molecule has 10 heteroatoms. The molecule has 0 saturated heterocycles. The first-order chi connectivity index (χ1) is 42.4. The molecule has 4 aliphatic rings. The Morgan fingerprint density at radius 2 is 0.523 bits per heavy atom. The molecule has 0 bridgehead atoms. The van der Waals surface area contributed by atoms with Crippen LogP contribution in [0.4, 0.5) is 0 Å². The molecule has 0 amide bonds. The van der Waals surface area contributed by atoms with Crippen LogP contribution in [0.2, 0.25) is 0 Å². The smallest absolute Gasteiger partial charge is 0 e. The molecule has 2 aliphatic heterocycles. The van der Waals surface area contributed by atoms with E-state index in [1.54, 1.807) is 0 Å². The van der Waals surface area contributed by atoms with E-state index in [-0.39, 0.29) is 33.6 Å². The molecule has 0 spiro atoms. The number of aliphatic imine (C=N–C) groups is 2. The Kier molecular flexibility index (Phi) is 27.7. The molecular formula is C78H66Cl2Co2N2O2Pd2-2. The first-order valence-electron chi connectivity index (χ1n) is 28.8. The Hall–Kier alpha value is -6.72. The van der Waals surface area contributed by atoms with Crippen molar-refractivity contribution in [1.29, 1.82) is 0 Å². The van der Waals surface area contributed by atoms with Gasteiger partial charge < -0.3 is 19.5 Å². The van der Waals surface area contributed by atoms with Crippen LogP contribution >= 0.6 is 19.1 Å². The van der Waals surface area contributed by atoms with Gasteiger partial charge in [-0.15, -0.1) is 0 Å². The van der Waals surface area contributed by atoms with Gasteiger partial charge in [0.15, 0.2) is 0 Å². The fraction of sp³-hybridized carbons (Fsp3) is 0.128. The van der Waals surface area contributed by atoms with Crippen molar-refractivity contribution in [3.63, 3.8) is 0 Å². The third-order valence-corrected chi connectivity index (χ3v) is 15.0. The van der Waals surface area contributed by atoms with Crippen molar-refractivity contribution in [2.24, 2.45) is 21.8 Å². The van der Waals surface area contributed by atoms with Crippen molar-refractivity contribution in [3.05, 3.63) is 347 Å². The van der Waals surface area contributed by atoms with Gasteiger partial charge in [0.05, 0.1) is 25.3 Å². The Labute approximate surface area is 571 Å². The molecule has 10 aromatic rings. The summed E-state index contributed by atoms with van der Waals surface area (Å²) in [5.74, 6) is 2.60. The molecular weight excluding hydrogens is 1400 g/mol. The van der Waals surface area contributed by atoms with E-state index in [1.165, 1.54) is 89.1 Å². The zero-order valence-electron chi connectivity index (χ0n) is 49.0. The summed E-state index contributed by atoms with van der Waals surface area (Å²) < 4.78 is 11.0. The molecule has 0 unspecified atom stereocenters. The third-order valence-electron chi connectivity index (χ3n) is 15.0. The van der Waals surface area contributed by atoms with Crippen LogP contribution in [0.5, 0.6) is 0 Å². The molecule has 10 aromatic carbocycles. The van der Waals surface area contributed by atoms with E-state index in [2.05, 4.69) is 348 Å². The van der Waals surface area contributed by atoms with Gasteiger partial charge in [0.1, 0.15) is 0 Å². The van der Waals surface area contributed by atoms with Crippen molar-refractivity contribution in [2.45, 2.75) is 39.8 Å². The topological polar surface area (TPSA) is 43.2 Å². The molecule has 0 N–H and O–H groups in total. The molecule has 454 valence electrons. The predicted octanol–water partition coefficient (Wildman–Crippen LogP) is 19.8. The number of hydrogen-bond acceptors (Lipinski definition) is 4. The van der Waals surface area contributed by atoms with E-state index < -0.39 is 0 Å². The van der Waals surface area contributed by atoms with Gasteiger partial charge in [-0.2, -0.15) is 0 Å². The maximum absolute atomic E-state index is 5.49. The van der Waals surface area contributed by atoms with Gasteiger partial charge in [-0.25, -0.2) is 11.1 Å². The SMILES string of the molecule is CC(C)[C@H]1COC(c2[c-]cc[cH-]2)=N1.CC(C)[C@H]1COC(c2[c-]cc[cH-]2)=N1.[Cl][Pd+].[Cl][Pd+].[Co].[Co].c1ccc(C2=C(c3ccccc3)C(c3ccccc3)=C2c2ccccc2)cc1.c1ccc(C2=C(c3ccccc3)C(c3ccccc3)=C2c2ccccc2)cc1. The molecule has 4 nitrogen and oxygen atoms in total. The first kappa shape index (κ1) is 68.8. The van der Waals surface area contributed by atoms with Crippen molar-refractivity contribution in [1.82, 2.24) is 0 Å². The Morgan fingerprint density at radius 1 is 0.341 bits per heavy atom. The number of ether oxygens (including phenoxy) is 2. The Balaban J connectivity index is 0.000000172. The quantitative estimate of drug-likeness (QED) is 0.0904. The molecule has 14 rings (SSSR count). The fourth-order valence-corrected chi connectivity index (χ4v) is 10.7. The maximum atomic E-state index is 5.49. The summed E-state index contributed by atoms with van der Waals surface area (Å²) in [7, 11) is 8.98. The number of nitrogens with zero attached hydrogens (tertiary/aromatic N) is 2. The van der Waals surface area contributed by atoms with Crippen molar-refractivity contribution < 1.29 is 79.4 Å².